The molecule has 0 aliphatic heterocycles. The Labute approximate surface area is 171 Å². The zero-order valence-corrected chi connectivity index (χ0v) is 17.2. The number of hydrogen-bond acceptors (Lipinski definition) is 7. The van der Waals surface area contributed by atoms with Gasteiger partial charge in [-0.2, -0.15) is 5.10 Å². The first-order valence-corrected chi connectivity index (χ1v) is 9.92. The minimum atomic E-state index is -0.251. The van der Waals surface area contributed by atoms with Gasteiger partial charge in [0.05, 0.1) is 11.4 Å². The Bertz CT molecular complexity index is 1040. The lowest BCUT2D eigenvalue weighted by atomic mass is 10.2. The van der Waals surface area contributed by atoms with Gasteiger partial charge < -0.3 is 16.5 Å². The highest BCUT2D eigenvalue weighted by Gasteiger charge is 2.16. The van der Waals surface area contributed by atoms with Gasteiger partial charge in [-0.3, -0.25) is 9.59 Å². The van der Waals surface area contributed by atoms with Crippen molar-refractivity contribution in [2.24, 2.45) is 0 Å². The van der Waals surface area contributed by atoms with Crippen LogP contribution in [0, 0.1) is 13.8 Å². The van der Waals surface area contributed by atoms with E-state index in [0.29, 0.717) is 28.9 Å². The van der Waals surface area contributed by atoms with Crippen molar-refractivity contribution in [1.82, 2.24) is 30.0 Å². The summed E-state index contributed by atoms with van der Waals surface area (Å²) >= 11 is 1.15. The number of aryl methyl sites for hydroxylation is 2. The first kappa shape index (κ1) is 20.4. The molecule has 29 heavy (non-hydrogen) atoms. The second-order valence-electron chi connectivity index (χ2n) is 6.27. The number of nitrogens with one attached hydrogen (secondary N) is 2. The van der Waals surface area contributed by atoms with E-state index < -0.39 is 0 Å². The zero-order valence-electron chi connectivity index (χ0n) is 16.3. The maximum atomic E-state index is 12.3. The van der Waals surface area contributed by atoms with E-state index in [4.69, 9.17) is 5.84 Å². The van der Waals surface area contributed by atoms with Crippen molar-refractivity contribution < 1.29 is 9.59 Å². The van der Waals surface area contributed by atoms with E-state index in [1.165, 1.54) is 4.68 Å². The van der Waals surface area contributed by atoms with Crippen molar-refractivity contribution in [3.8, 4) is 5.95 Å². The molecule has 0 aliphatic rings. The third-order valence-electron chi connectivity index (χ3n) is 3.92. The standard InChI is InChI=1S/C18H22N8O2S/c1-4-20-16(28)13-6-5-7-14(9-13)21-15(27)10-29-18-23-22-17(25(18)19)26-12(3)8-11(2)24-26/h5-9H,4,10,19H2,1-3H3,(H,20,28)(H,21,27). The van der Waals surface area contributed by atoms with E-state index in [2.05, 4.69) is 25.9 Å². The summed E-state index contributed by atoms with van der Waals surface area (Å²) < 4.78 is 2.90. The monoisotopic (exact) mass is 414 g/mol. The van der Waals surface area contributed by atoms with Crippen molar-refractivity contribution in [1.29, 1.82) is 0 Å². The number of carbonyl (C=O) groups is 2. The van der Waals surface area contributed by atoms with E-state index in [-0.39, 0.29) is 17.6 Å². The number of nitrogen functional groups attached to an aromatic ring is 1. The number of nitrogens with zero attached hydrogens (tertiary/aromatic N) is 5. The topological polar surface area (TPSA) is 133 Å². The SMILES string of the molecule is CCNC(=O)c1cccc(NC(=O)CSc2nnc(-n3nc(C)cc3C)n2N)c1. The van der Waals surface area contributed by atoms with Crippen molar-refractivity contribution in [3.05, 3.63) is 47.3 Å². The van der Waals surface area contributed by atoms with Crippen molar-refractivity contribution in [2.75, 3.05) is 23.5 Å². The summed E-state index contributed by atoms with van der Waals surface area (Å²) in [5.74, 6) is 6.08. The van der Waals surface area contributed by atoms with Crippen molar-refractivity contribution >= 4 is 29.3 Å². The highest BCUT2D eigenvalue weighted by Crippen LogP contribution is 2.18. The van der Waals surface area contributed by atoms with Crippen LogP contribution in [0.2, 0.25) is 0 Å². The Morgan fingerprint density at radius 1 is 1.21 bits per heavy atom. The van der Waals surface area contributed by atoms with Gasteiger partial charge in [0.25, 0.3) is 11.9 Å². The Hall–Kier alpha value is -3.34. The van der Waals surface area contributed by atoms with E-state index in [0.717, 1.165) is 23.1 Å². The number of rotatable bonds is 7. The van der Waals surface area contributed by atoms with Gasteiger partial charge in [0, 0.05) is 23.5 Å². The van der Waals surface area contributed by atoms with Crippen LogP contribution in [0.3, 0.4) is 0 Å². The molecule has 0 saturated carbocycles. The van der Waals surface area contributed by atoms with Gasteiger partial charge in [-0.25, -0.2) is 9.36 Å². The van der Waals surface area contributed by atoms with Gasteiger partial charge in [0.2, 0.25) is 11.1 Å². The molecule has 10 nitrogen and oxygen atoms in total. The maximum absolute atomic E-state index is 12.3. The second kappa shape index (κ2) is 8.78. The molecular formula is C18H22N8O2S. The average molecular weight is 414 g/mol. The first-order chi connectivity index (χ1) is 13.9. The predicted octanol–water partition coefficient (Wildman–Crippen LogP) is 1.27. The number of hydrogen-bond donors (Lipinski definition) is 3. The molecule has 0 fully saturated rings. The minimum absolute atomic E-state index is 0.0812. The van der Waals surface area contributed by atoms with Crippen LogP contribution < -0.4 is 16.5 Å². The molecule has 0 bridgehead atoms. The van der Waals surface area contributed by atoms with E-state index in [1.54, 1.807) is 28.9 Å². The van der Waals surface area contributed by atoms with Crippen LogP contribution in [0.1, 0.15) is 28.7 Å². The Balaban J connectivity index is 1.62. The summed E-state index contributed by atoms with van der Waals surface area (Å²) in [6.07, 6.45) is 0. The summed E-state index contributed by atoms with van der Waals surface area (Å²) in [5, 5.41) is 18.3. The third-order valence-corrected chi connectivity index (χ3v) is 4.87. The van der Waals surface area contributed by atoms with Crippen LogP contribution in [0.4, 0.5) is 5.69 Å². The van der Waals surface area contributed by atoms with Crippen LogP contribution in [0.25, 0.3) is 5.95 Å². The van der Waals surface area contributed by atoms with Gasteiger partial charge in [0.15, 0.2) is 0 Å². The smallest absolute Gasteiger partial charge is 0.271 e. The number of thioether (sulfide) groups is 1. The van der Waals surface area contributed by atoms with E-state index in [9.17, 15) is 9.59 Å². The highest BCUT2D eigenvalue weighted by atomic mass is 32.2. The van der Waals surface area contributed by atoms with Gasteiger partial charge in [-0.05, 0) is 45.0 Å². The quantitative estimate of drug-likeness (QED) is 0.392. The van der Waals surface area contributed by atoms with Crippen molar-refractivity contribution in [2.45, 2.75) is 25.9 Å². The molecule has 0 saturated heterocycles. The number of nitrogens with two attached hydrogens (primary N) is 1. The van der Waals surface area contributed by atoms with Crippen LogP contribution in [-0.2, 0) is 4.79 Å². The molecule has 0 atom stereocenters. The number of benzene rings is 1. The molecule has 3 aromatic rings. The highest BCUT2D eigenvalue weighted by molar-refractivity contribution is 7.99. The van der Waals surface area contributed by atoms with Crippen LogP contribution in [-0.4, -0.2) is 48.8 Å². The minimum Gasteiger partial charge on any atom is -0.352 e. The fourth-order valence-corrected chi connectivity index (χ4v) is 3.32. The molecule has 2 heterocycles. The summed E-state index contributed by atoms with van der Waals surface area (Å²) in [5.41, 5.74) is 2.74. The van der Waals surface area contributed by atoms with Crippen LogP contribution in [0.5, 0.6) is 0 Å². The molecule has 0 aliphatic carbocycles. The fraction of sp³-hybridized carbons (Fsp3) is 0.278. The van der Waals surface area contributed by atoms with Gasteiger partial charge >= 0.3 is 0 Å². The average Bonchev–Trinajstić information content (AvgIpc) is 3.21. The molecular weight excluding hydrogens is 392 g/mol. The van der Waals surface area contributed by atoms with E-state index in [1.807, 2.05) is 26.8 Å². The Morgan fingerprint density at radius 2 is 2.00 bits per heavy atom. The molecule has 1 aromatic carbocycles. The lowest BCUT2D eigenvalue weighted by molar-refractivity contribution is -0.113. The first-order valence-electron chi connectivity index (χ1n) is 8.94. The number of aromatic nitrogens is 5. The molecule has 4 N–H and O–H groups in total. The second-order valence-corrected chi connectivity index (χ2v) is 7.21. The summed E-state index contributed by atoms with van der Waals surface area (Å²) in [6.45, 7) is 6.15. The number of anilines is 1. The molecule has 152 valence electrons. The fourth-order valence-electron chi connectivity index (χ4n) is 2.67. The van der Waals surface area contributed by atoms with E-state index >= 15 is 0 Å². The molecule has 0 unspecified atom stereocenters. The summed E-state index contributed by atoms with van der Waals surface area (Å²) in [7, 11) is 0. The predicted molar refractivity (Wildman–Crippen MR) is 111 cm³/mol. The van der Waals surface area contributed by atoms with Gasteiger partial charge in [0.1, 0.15) is 0 Å². The lowest BCUT2D eigenvalue weighted by Gasteiger charge is -2.08. The van der Waals surface area contributed by atoms with Crippen molar-refractivity contribution in [3.63, 3.8) is 0 Å². The Morgan fingerprint density at radius 3 is 2.69 bits per heavy atom. The lowest BCUT2D eigenvalue weighted by Crippen LogP contribution is -2.23. The maximum Gasteiger partial charge on any atom is 0.271 e. The van der Waals surface area contributed by atoms with Crippen LogP contribution in [0.15, 0.2) is 35.5 Å². The largest absolute Gasteiger partial charge is 0.352 e. The van der Waals surface area contributed by atoms with Gasteiger partial charge in [-0.15, -0.1) is 10.2 Å². The zero-order chi connectivity index (χ0) is 21.0. The molecule has 3 rings (SSSR count). The third kappa shape index (κ3) is 4.74. The summed E-state index contributed by atoms with van der Waals surface area (Å²) in [4.78, 5) is 24.2. The normalized spacial score (nSPS) is 10.7. The molecule has 0 spiro atoms. The Kier molecular flexibility index (Phi) is 6.17. The molecule has 2 aromatic heterocycles. The molecule has 11 heteroatoms. The summed E-state index contributed by atoms with van der Waals surface area (Å²) in [6, 6.07) is 8.65. The number of carbonyl (C=O) groups excluding carboxylic acids is 2. The number of amides is 2. The van der Waals surface area contributed by atoms with Gasteiger partial charge in [-0.1, -0.05) is 17.8 Å². The van der Waals surface area contributed by atoms with Crippen LogP contribution >= 0.6 is 11.8 Å². The molecule has 2 amide bonds. The molecule has 0 radical (unpaired) electrons.